The Morgan fingerprint density at radius 3 is 2.96 bits per heavy atom. The Morgan fingerprint density at radius 2 is 2.24 bits per heavy atom. The van der Waals surface area contributed by atoms with Crippen molar-refractivity contribution in [1.82, 2.24) is 14.8 Å². The van der Waals surface area contributed by atoms with E-state index in [1.807, 2.05) is 31.4 Å². The van der Waals surface area contributed by atoms with Crippen LogP contribution in [-0.4, -0.2) is 26.5 Å². The van der Waals surface area contributed by atoms with E-state index in [0.29, 0.717) is 29.3 Å². The first kappa shape index (κ1) is 16.6. The summed E-state index contributed by atoms with van der Waals surface area (Å²) in [7, 11) is 1.84. The summed E-state index contributed by atoms with van der Waals surface area (Å²) in [4.78, 5) is 4.48. The van der Waals surface area contributed by atoms with Gasteiger partial charge in [0.15, 0.2) is 5.58 Å². The fraction of sp³-hybridized carbons (Fsp3) is 0.158. The lowest BCUT2D eigenvalue weighted by molar-refractivity contribution is 0.356. The predicted molar refractivity (Wildman–Crippen MR) is 96.4 cm³/mol. The van der Waals surface area contributed by atoms with Crippen LogP contribution in [0.1, 0.15) is 6.92 Å². The highest BCUT2D eigenvalue weighted by molar-refractivity contribution is 5.77. The van der Waals surface area contributed by atoms with Crippen LogP contribution >= 0.6 is 0 Å². The van der Waals surface area contributed by atoms with Crippen LogP contribution in [0.3, 0.4) is 0 Å². The van der Waals surface area contributed by atoms with Crippen molar-refractivity contribution in [3.8, 4) is 17.2 Å². The number of benzene rings is 1. The fourth-order valence-electron chi connectivity index (χ4n) is 2.18. The van der Waals surface area contributed by atoms with Crippen molar-refractivity contribution in [2.45, 2.75) is 6.92 Å². The summed E-state index contributed by atoms with van der Waals surface area (Å²) < 4.78 is 13.2. The predicted octanol–water partition coefficient (Wildman–Crippen LogP) is 4.18. The molecule has 2 heterocycles. The van der Waals surface area contributed by atoms with Crippen LogP contribution in [-0.2, 0) is 7.05 Å². The average molecular weight is 337 g/mol. The number of ether oxygens (including phenoxy) is 1. The molecule has 0 spiro atoms. The molecule has 1 N–H and O–H groups in total. The van der Waals surface area contributed by atoms with Gasteiger partial charge in [-0.2, -0.15) is 5.10 Å². The maximum absolute atomic E-state index is 9.38. The second kappa shape index (κ2) is 7.09. The lowest BCUT2D eigenvalue weighted by Gasteiger charge is -2.05. The molecule has 0 atom stereocenters. The molecule has 0 aliphatic rings. The number of aryl methyl sites for hydroxylation is 1. The summed E-state index contributed by atoms with van der Waals surface area (Å²) in [6.45, 7) is 5.96. The molecule has 0 unspecified atom stereocenters. The number of oxazole rings is 1. The van der Waals surface area contributed by atoms with Gasteiger partial charge < -0.3 is 14.3 Å². The van der Waals surface area contributed by atoms with Gasteiger partial charge in [-0.3, -0.25) is 4.68 Å². The van der Waals surface area contributed by atoms with Crippen molar-refractivity contribution in [1.29, 1.82) is 0 Å². The first-order valence-corrected chi connectivity index (χ1v) is 7.78. The Morgan fingerprint density at radius 1 is 1.40 bits per heavy atom. The monoisotopic (exact) mass is 337 g/mol. The molecule has 0 aliphatic heterocycles. The highest BCUT2D eigenvalue weighted by atomic mass is 16.5. The zero-order chi connectivity index (χ0) is 17.8. The summed E-state index contributed by atoms with van der Waals surface area (Å²) in [6, 6.07) is 5.46. The van der Waals surface area contributed by atoms with Crippen molar-refractivity contribution in [2.24, 2.45) is 7.05 Å². The van der Waals surface area contributed by atoms with Gasteiger partial charge in [0.2, 0.25) is 5.89 Å². The van der Waals surface area contributed by atoms with E-state index in [-0.39, 0.29) is 5.76 Å². The van der Waals surface area contributed by atoms with Crippen molar-refractivity contribution >= 4 is 11.1 Å². The number of allylic oxidation sites excluding steroid dienone is 2. The Balaban J connectivity index is 1.71. The van der Waals surface area contributed by atoms with Crippen LogP contribution in [0.5, 0.6) is 5.75 Å². The smallest absolute Gasteiger partial charge is 0.230 e. The third kappa shape index (κ3) is 3.98. The van der Waals surface area contributed by atoms with Crippen LogP contribution in [0.4, 0.5) is 0 Å². The van der Waals surface area contributed by atoms with Gasteiger partial charge in [-0.15, -0.1) is 0 Å². The van der Waals surface area contributed by atoms with Gasteiger partial charge in [-0.25, -0.2) is 4.98 Å². The number of hydrogen-bond acceptors (Lipinski definition) is 5. The molecule has 0 aliphatic carbocycles. The van der Waals surface area contributed by atoms with Crippen molar-refractivity contribution in [3.63, 3.8) is 0 Å². The van der Waals surface area contributed by atoms with Gasteiger partial charge >= 0.3 is 0 Å². The molecule has 0 saturated carbocycles. The average Bonchev–Trinajstić information content (AvgIpc) is 3.23. The highest BCUT2D eigenvalue weighted by Crippen LogP contribution is 2.26. The molecule has 3 aromatic rings. The molecule has 1 aromatic carbocycles. The van der Waals surface area contributed by atoms with E-state index in [0.717, 1.165) is 11.1 Å². The molecule has 0 radical (unpaired) electrons. The maximum Gasteiger partial charge on any atom is 0.230 e. The van der Waals surface area contributed by atoms with Crippen molar-refractivity contribution in [3.05, 3.63) is 66.7 Å². The molecule has 0 amide bonds. The number of aliphatic hydroxyl groups excluding tert-OH is 1. The van der Waals surface area contributed by atoms with Gasteiger partial charge in [0.05, 0.1) is 11.8 Å². The van der Waals surface area contributed by atoms with Gasteiger partial charge in [-0.1, -0.05) is 12.7 Å². The molecule has 0 fully saturated rings. The number of aliphatic hydroxyl groups is 1. The number of rotatable bonds is 6. The van der Waals surface area contributed by atoms with E-state index in [9.17, 15) is 5.11 Å². The van der Waals surface area contributed by atoms with Gasteiger partial charge in [0.1, 0.15) is 23.6 Å². The second-order valence-corrected chi connectivity index (χ2v) is 5.55. The van der Waals surface area contributed by atoms with E-state index in [2.05, 4.69) is 16.7 Å². The number of aromatic nitrogens is 3. The molecule has 0 saturated heterocycles. The second-order valence-electron chi connectivity index (χ2n) is 5.55. The Labute approximate surface area is 145 Å². The third-order valence-electron chi connectivity index (χ3n) is 3.52. The largest absolute Gasteiger partial charge is 0.508 e. The SMILES string of the molecule is C=C(/C=C\C(O)=C/C)COc1ccc2oc(-c3cnn(C)c3)nc2c1. The topological polar surface area (TPSA) is 73.3 Å². The quantitative estimate of drug-likeness (QED) is 0.539. The van der Waals surface area contributed by atoms with Crippen LogP contribution in [0.15, 0.2) is 71.1 Å². The normalized spacial score (nSPS) is 12.2. The minimum atomic E-state index is 0.188. The molecular formula is C19H19N3O3. The molecule has 2 aromatic heterocycles. The van der Waals surface area contributed by atoms with Crippen molar-refractivity contribution in [2.75, 3.05) is 6.61 Å². The summed E-state index contributed by atoms with van der Waals surface area (Å²) in [5, 5.41) is 13.5. The fourth-order valence-corrected chi connectivity index (χ4v) is 2.18. The van der Waals surface area contributed by atoms with Crippen LogP contribution < -0.4 is 4.74 Å². The first-order chi connectivity index (χ1) is 12.0. The van der Waals surface area contributed by atoms with E-state index in [4.69, 9.17) is 9.15 Å². The Kier molecular flexibility index (Phi) is 4.70. The van der Waals surface area contributed by atoms with Crippen LogP contribution in [0.25, 0.3) is 22.6 Å². The molecule has 25 heavy (non-hydrogen) atoms. The molecule has 3 rings (SSSR count). The maximum atomic E-state index is 9.38. The summed E-state index contributed by atoms with van der Waals surface area (Å²) in [5.74, 6) is 1.38. The van der Waals surface area contributed by atoms with Crippen LogP contribution in [0.2, 0.25) is 0 Å². The lowest BCUT2D eigenvalue weighted by atomic mass is 10.2. The molecule has 0 bridgehead atoms. The Bertz CT molecular complexity index is 963. The summed E-state index contributed by atoms with van der Waals surface area (Å²) >= 11 is 0. The lowest BCUT2D eigenvalue weighted by Crippen LogP contribution is -1.98. The standard InChI is InChI=1S/C19H19N3O3/c1-4-15(23)6-5-13(2)12-24-16-7-8-18-17(9-16)21-19(25-18)14-10-20-22(3)11-14/h4-11,23H,2,12H2,1,3H3/b6-5-,15-4+. The van der Waals surface area contributed by atoms with E-state index in [1.54, 1.807) is 36.0 Å². The zero-order valence-electron chi connectivity index (χ0n) is 14.1. The zero-order valence-corrected chi connectivity index (χ0v) is 14.1. The van der Waals surface area contributed by atoms with E-state index in [1.165, 1.54) is 0 Å². The molecule has 6 heteroatoms. The van der Waals surface area contributed by atoms with Crippen molar-refractivity contribution < 1.29 is 14.3 Å². The molecular weight excluding hydrogens is 318 g/mol. The minimum Gasteiger partial charge on any atom is -0.508 e. The number of fused-ring (bicyclic) bond motifs is 1. The van der Waals surface area contributed by atoms with Crippen LogP contribution in [0, 0.1) is 0 Å². The van der Waals surface area contributed by atoms with Gasteiger partial charge in [-0.05, 0) is 36.8 Å². The van der Waals surface area contributed by atoms with E-state index >= 15 is 0 Å². The molecule has 128 valence electrons. The first-order valence-electron chi connectivity index (χ1n) is 7.78. The summed E-state index contributed by atoms with van der Waals surface area (Å²) in [5.41, 5.74) is 2.96. The Hall–Kier alpha value is -3.28. The third-order valence-corrected chi connectivity index (χ3v) is 3.52. The van der Waals surface area contributed by atoms with Gasteiger partial charge in [0.25, 0.3) is 0 Å². The van der Waals surface area contributed by atoms with Gasteiger partial charge in [0, 0.05) is 19.3 Å². The number of nitrogens with zero attached hydrogens (tertiary/aromatic N) is 3. The number of hydrogen-bond donors (Lipinski definition) is 1. The van der Waals surface area contributed by atoms with E-state index < -0.39 is 0 Å². The summed E-state index contributed by atoms with van der Waals surface area (Å²) in [6.07, 6.45) is 8.44. The highest BCUT2D eigenvalue weighted by Gasteiger charge is 2.10. The molecule has 6 nitrogen and oxygen atoms in total. The minimum absolute atomic E-state index is 0.188.